The molecule has 2 aliphatic heterocycles. The number of fused-ring (bicyclic) bond motifs is 1. The lowest BCUT2D eigenvalue weighted by Gasteiger charge is -2.34. The summed E-state index contributed by atoms with van der Waals surface area (Å²) in [5.41, 5.74) is 3.06. The van der Waals surface area contributed by atoms with E-state index in [4.69, 9.17) is 9.47 Å². The molecule has 1 fully saturated rings. The van der Waals surface area contributed by atoms with Crippen molar-refractivity contribution in [3.05, 3.63) is 48.0 Å². The number of anilines is 2. The predicted octanol–water partition coefficient (Wildman–Crippen LogP) is 1.90. The molecule has 2 heterocycles. The predicted molar refractivity (Wildman–Crippen MR) is 109 cm³/mol. The van der Waals surface area contributed by atoms with Crippen molar-refractivity contribution in [2.45, 2.75) is 6.54 Å². The molecule has 0 aromatic heterocycles. The van der Waals surface area contributed by atoms with Crippen LogP contribution in [0.25, 0.3) is 0 Å². The van der Waals surface area contributed by atoms with Gasteiger partial charge in [0.05, 0.1) is 6.54 Å². The lowest BCUT2D eigenvalue weighted by atomic mass is 10.2. The molecule has 148 valence electrons. The van der Waals surface area contributed by atoms with Crippen molar-refractivity contribution >= 4 is 17.3 Å². The average Bonchev–Trinajstić information content (AvgIpc) is 3.17. The minimum Gasteiger partial charge on any atom is -0.454 e. The minimum absolute atomic E-state index is 0.0620. The van der Waals surface area contributed by atoms with E-state index in [0.29, 0.717) is 6.54 Å². The van der Waals surface area contributed by atoms with Crippen LogP contribution in [0.3, 0.4) is 0 Å². The Kier molecular flexibility index (Phi) is 5.64. The SMILES string of the molecule is CN1CCN(c2ccc(NC(=O)CNCc3ccc4c(c3)OCO4)cc2)CC1. The van der Waals surface area contributed by atoms with Gasteiger partial charge in [0.15, 0.2) is 11.5 Å². The van der Waals surface area contributed by atoms with Gasteiger partial charge in [-0.2, -0.15) is 0 Å². The Morgan fingerprint density at radius 3 is 2.54 bits per heavy atom. The van der Waals surface area contributed by atoms with E-state index in [-0.39, 0.29) is 19.2 Å². The molecule has 0 radical (unpaired) electrons. The topological polar surface area (TPSA) is 66.1 Å². The van der Waals surface area contributed by atoms with Gasteiger partial charge < -0.3 is 29.9 Å². The van der Waals surface area contributed by atoms with Crippen molar-refractivity contribution in [3.63, 3.8) is 0 Å². The van der Waals surface area contributed by atoms with Crippen molar-refractivity contribution < 1.29 is 14.3 Å². The number of carbonyl (C=O) groups is 1. The third kappa shape index (κ3) is 4.55. The molecule has 1 saturated heterocycles. The number of likely N-dealkylation sites (N-methyl/N-ethyl adjacent to an activating group) is 1. The van der Waals surface area contributed by atoms with Crippen molar-refractivity contribution in [3.8, 4) is 11.5 Å². The van der Waals surface area contributed by atoms with Crippen LogP contribution in [0.5, 0.6) is 11.5 Å². The Hall–Kier alpha value is -2.77. The van der Waals surface area contributed by atoms with Gasteiger partial charge in [-0.25, -0.2) is 0 Å². The molecule has 2 aliphatic rings. The summed E-state index contributed by atoms with van der Waals surface area (Å²) in [5.74, 6) is 1.46. The van der Waals surface area contributed by atoms with Crippen LogP contribution < -0.4 is 25.0 Å². The highest BCUT2D eigenvalue weighted by Crippen LogP contribution is 2.32. The number of piperazine rings is 1. The second-order valence-corrected chi connectivity index (χ2v) is 7.18. The normalized spacial score (nSPS) is 16.2. The number of nitrogens with zero attached hydrogens (tertiary/aromatic N) is 2. The highest BCUT2D eigenvalue weighted by molar-refractivity contribution is 5.92. The van der Waals surface area contributed by atoms with E-state index < -0.39 is 0 Å². The van der Waals surface area contributed by atoms with E-state index in [9.17, 15) is 4.79 Å². The molecule has 2 N–H and O–H groups in total. The Morgan fingerprint density at radius 2 is 1.75 bits per heavy atom. The third-order valence-corrected chi connectivity index (χ3v) is 5.07. The molecule has 7 nitrogen and oxygen atoms in total. The average molecular weight is 382 g/mol. The van der Waals surface area contributed by atoms with Gasteiger partial charge in [0.25, 0.3) is 0 Å². The summed E-state index contributed by atoms with van der Waals surface area (Å²) in [6.07, 6.45) is 0. The molecule has 0 atom stereocenters. The van der Waals surface area contributed by atoms with Crippen molar-refractivity contribution in [2.24, 2.45) is 0 Å². The number of ether oxygens (including phenoxy) is 2. The number of hydrogen-bond donors (Lipinski definition) is 2. The summed E-state index contributed by atoms with van der Waals surface area (Å²) in [6, 6.07) is 13.9. The quantitative estimate of drug-likeness (QED) is 0.796. The highest BCUT2D eigenvalue weighted by Gasteiger charge is 2.15. The number of rotatable bonds is 6. The van der Waals surface area contributed by atoms with Crippen LogP contribution in [-0.4, -0.2) is 57.4 Å². The van der Waals surface area contributed by atoms with E-state index in [1.54, 1.807) is 0 Å². The Labute approximate surface area is 165 Å². The Bertz CT molecular complexity index is 817. The fourth-order valence-electron chi connectivity index (χ4n) is 3.40. The Balaban J connectivity index is 1.22. The maximum Gasteiger partial charge on any atom is 0.238 e. The van der Waals surface area contributed by atoms with Crippen molar-refractivity contribution in [1.29, 1.82) is 0 Å². The highest BCUT2D eigenvalue weighted by atomic mass is 16.7. The zero-order chi connectivity index (χ0) is 19.3. The molecule has 0 bridgehead atoms. The lowest BCUT2D eigenvalue weighted by Crippen LogP contribution is -2.44. The van der Waals surface area contributed by atoms with E-state index >= 15 is 0 Å². The summed E-state index contributed by atoms with van der Waals surface area (Å²) >= 11 is 0. The van der Waals surface area contributed by atoms with Gasteiger partial charge in [0.1, 0.15) is 0 Å². The molecule has 1 amide bonds. The zero-order valence-electron chi connectivity index (χ0n) is 16.1. The summed E-state index contributed by atoms with van der Waals surface area (Å²) < 4.78 is 10.7. The first-order valence-electron chi connectivity index (χ1n) is 9.60. The molecule has 28 heavy (non-hydrogen) atoms. The molecule has 4 rings (SSSR count). The smallest absolute Gasteiger partial charge is 0.238 e. The molecule has 2 aromatic carbocycles. The molecule has 2 aromatic rings. The first-order chi connectivity index (χ1) is 13.7. The third-order valence-electron chi connectivity index (χ3n) is 5.07. The van der Waals surface area contributed by atoms with Gasteiger partial charge in [-0.3, -0.25) is 4.79 Å². The van der Waals surface area contributed by atoms with Crippen LogP contribution in [0, 0.1) is 0 Å². The first kappa shape index (κ1) is 18.6. The molecular weight excluding hydrogens is 356 g/mol. The maximum atomic E-state index is 12.2. The Morgan fingerprint density at radius 1 is 1.00 bits per heavy atom. The van der Waals surface area contributed by atoms with E-state index in [2.05, 4.69) is 39.6 Å². The van der Waals surface area contributed by atoms with Gasteiger partial charge >= 0.3 is 0 Å². The van der Waals surface area contributed by atoms with Crippen LogP contribution in [0.1, 0.15) is 5.56 Å². The molecule has 7 heteroatoms. The van der Waals surface area contributed by atoms with Crippen LogP contribution >= 0.6 is 0 Å². The summed E-state index contributed by atoms with van der Waals surface area (Å²) in [7, 11) is 2.15. The van der Waals surface area contributed by atoms with E-state index in [1.165, 1.54) is 5.69 Å². The van der Waals surface area contributed by atoms with Crippen LogP contribution in [-0.2, 0) is 11.3 Å². The summed E-state index contributed by atoms with van der Waals surface area (Å²) in [6.45, 7) is 5.32. The van der Waals surface area contributed by atoms with Crippen molar-refractivity contribution in [1.82, 2.24) is 10.2 Å². The monoisotopic (exact) mass is 382 g/mol. The van der Waals surface area contributed by atoms with E-state index in [1.807, 2.05) is 30.3 Å². The molecular formula is C21H26N4O3. The van der Waals surface area contributed by atoms with Gasteiger partial charge in [-0.05, 0) is 49.0 Å². The van der Waals surface area contributed by atoms with Gasteiger partial charge in [-0.15, -0.1) is 0 Å². The second kappa shape index (κ2) is 8.50. The van der Waals surface area contributed by atoms with Gasteiger partial charge in [0.2, 0.25) is 12.7 Å². The first-order valence-corrected chi connectivity index (χ1v) is 9.60. The number of amides is 1. The fraction of sp³-hybridized carbons (Fsp3) is 0.381. The zero-order valence-corrected chi connectivity index (χ0v) is 16.1. The summed E-state index contributed by atoms with van der Waals surface area (Å²) in [5, 5.41) is 6.09. The number of nitrogens with one attached hydrogen (secondary N) is 2. The minimum atomic E-state index is -0.0620. The lowest BCUT2D eigenvalue weighted by molar-refractivity contribution is -0.115. The van der Waals surface area contributed by atoms with Crippen LogP contribution in [0.4, 0.5) is 11.4 Å². The van der Waals surface area contributed by atoms with Crippen LogP contribution in [0.2, 0.25) is 0 Å². The molecule has 0 unspecified atom stereocenters. The number of benzene rings is 2. The molecule has 0 spiro atoms. The van der Waals surface area contributed by atoms with Gasteiger partial charge in [0, 0.05) is 44.1 Å². The number of hydrogen-bond acceptors (Lipinski definition) is 6. The van der Waals surface area contributed by atoms with Crippen molar-refractivity contribution in [2.75, 3.05) is 56.8 Å². The number of carbonyl (C=O) groups excluding carboxylic acids is 1. The fourth-order valence-corrected chi connectivity index (χ4v) is 3.40. The second-order valence-electron chi connectivity index (χ2n) is 7.18. The standard InChI is InChI=1S/C21H26N4O3/c1-24-8-10-25(11-9-24)18-5-3-17(4-6-18)23-21(26)14-22-13-16-2-7-19-20(12-16)28-15-27-19/h2-7,12,22H,8-11,13-15H2,1H3,(H,23,26). The van der Waals surface area contributed by atoms with Crippen LogP contribution in [0.15, 0.2) is 42.5 Å². The molecule has 0 saturated carbocycles. The largest absolute Gasteiger partial charge is 0.454 e. The summed E-state index contributed by atoms with van der Waals surface area (Å²) in [4.78, 5) is 16.9. The molecule has 0 aliphatic carbocycles. The van der Waals surface area contributed by atoms with Gasteiger partial charge in [-0.1, -0.05) is 6.07 Å². The maximum absolute atomic E-state index is 12.2. The van der Waals surface area contributed by atoms with E-state index in [0.717, 1.165) is 48.9 Å².